The second-order valence-electron chi connectivity index (χ2n) is 7.01. The minimum Gasteiger partial charge on any atom is -0.468 e. The number of hydrogen-bond donors (Lipinski definition) is 0. The van der Waals surface area contributed by atoms with E-state index in [1.165, 1.54) is 0 Å². The first-order chi connectivity index (χ1) is 13.8. The molecule has 0 saturated carbocycles. The Morgan fingerprint density at radius 1 is 1.21 bits per heavy atom. The molecule has 28 heavy (non-hydrogen) atoms. The molecule has 4 rings (SSSR count). The lowest BCUT2D eigenvalue weighted by Gasteiger charge is -2.18. The van der Waals surface area contributed by atoms with Gasteiger partial charge in [0.2, 0.25) is 0 Å². The van der Waals surface area contributed by atoms with E-state index in [4.69, 9.17) is 9.15 Å². The first-order valence-corrected chi connectivity index (χ1v) is 10.5. The van der Waals surface area contributed by atoms with Crippen LogP contribution in [0, 0.1) is 0 Å². The van der Waals surface area contributed by atoms with Crippen molar-refractivity contribution in [3.05, 3.63) is 60.1 Å². The number of hydrogen-bond acceptors (Lipinski definition) is 7. The molecule has 0 spiro atoms. The van der Waals surface area contributed by atoms with Crippen LogP contribution in [0.15, 0.2) is 52.4 Å². The quantitative estimate of drug-likeness (QED) is 0.511. The van der Waals surface area contributed by atoms with Gasteiger partial charge in [-0.15, -0.1) is 10.2 Å². The van der Waals surface area contributed by atoms with Gasteiger partial charge in [-0.3, -0.25) is 9.88 Å². The largest absolute Gasteiger partial charge is 0.468 e. The van der Waals surface area contributed by atoms with Crippen LogP contribution in [0.5, 0.6) is 0 Å². The van der Waals surface area contributed by atoms with Crippen LogP contribution in [-0.4, -0.2) is 44.4 Å². The van der Waals surface area contributed by atoms with Crippen molar-refractivity contribution in [2.45, 2.75) is 49.5 Å². The molecule has 0 bridgehead atoms. The maximum Gasteiger partial charge on any atom is 0.191 e. The van der Waals surface area contributed by atoms with Gasteiger partial charge in [0, 0.05) is 18.6 Å². The second kappa shape index (κ2) is 9.36. The number of thioether (sulfide) groups is 1. The van der Waals surface area contributed by atoms with Crippen molar-refractivity contribution in [3.63, 3.8) is 0 Å². The summed E-state index contributed by atoms with van der Waals surface area (Å²) in [5.74, 6) is 2.66. The molecule has 1 fully saturated rings. The molecule has 3 aromatic rings. The highest BCUT2D eigenvalue weighted by molar-refractivity contribution is 7.98. The summed E-state index contributed by atoms with van der Waals surface area (Å²) >= 11 is 1.67. The van der Waals surface area contributed by atoms with Gasteiger partial charge in [0.25, 0.3) is 0 Å². The first kappa shape index (κ1) is 19.2. The Labute approximate surface area is 169 Å². The molecule has 0 amide bonds. The molecule has 1 aliphatic rings. The van der Waals surface area contributed by atoms with Crippen molar-refractivity contribution < 1.29 is 9.15 Å². The molecule has 8 heteroatoms. The Morgan fingerprint density at radius 3 is 2.93 bits per heavy atom. The summed E-state index contributed by atoms with van der Waals surface area (Å²) in [6.45, 7) is 3.07. The SMILES string of the molecule is CN(Cc1ccco1)Cc1nnc(SCc2ccccn2)n1C[C@H]1CCCO1. The molecule has 0 aromatic carbocycles. The lowest BCUT2D eigenvalue weighted by Crippen LogP contribution is -2.23. The van der Waals surface area contributed by atoms with E-state index in [-0.39, 0.29) is 6.10 Å². The van der Waals surface area contributed by atoms with E-state index in [1.54, 1.807) is 18.0 Å². The Hall–Kier alpha value is -2.16. The third-order valence-electron chi connectivity index (χ3n) is 4.70. The summed E-state index contributed by atoms with van der Waals surface area (Å²) in [5.41, 5.74) is 1.04. The first-order valence-electron chi connectivity index (χ1n) is 9.55. The number of nitrogens with zero attached hydrogens (tertiary/aromatic N) is 5. The fourth-order valence-electron chi connectivity index (χ4n) is 3.31. The Balaban J connectivity index is 1.47. The van der Waals surface area contributed by atoms with Gasteiger partial charge in [0.05, 0.1) is 37.7 Å². The molecule has 148 valence electrons. The monoisotopic (exact) mass is 399 g/mol. The number of aromatic nitrogens is 4. The molecule has 1 atom stereocenters. The Bertz CT molecular complexity index is 847. The third-order valence-corrected chi connectivity index (χ3v) is 5.70. The second-order valence-corrected chi connectivity index (χ2v) is 7.95. The molecule has 0 radical (unpaired) electrons. The van der Waals surface area contributed by atoms with Crippen molar-refractivity contribution in [2.24, 2.45) is 0 Å². The molecule has 1 saturated heterocycles. The fourth-order valence-corrected chi connectivity index (χ4v) is 4.19. The third kappa shape index (κ3) is 5.01. The van der Waals surface area contributed by atoms with Gasteiger partial charge >= 0.3 is 0 Å². The van der Waals surface area contributed by atoms with Gasteiger partial charge in [-0.1, -0.05) is 17.8 Å². The van der Waals surface area contributed by atoms with Crippen molar-refractivity contribution in [1.82, 2.24) is 24.6 Å². The van der Waals surface area contributed by atoms with E-state index in [0.29, 0.717) is 6.54 Å². The van der Waals surface area contributed by atoms with Crippen molar-refractivity contribution in [3.8, 4) is 0 Å². The van der Waals surface area contributed by atoms with E-state index in [2.05, 4.69) is 31.7 Å². The lowest BCUT2D eigenvalue weighted by atomic mass is 10.2. The highest BCUT2D eigenvalue weighted by atomic mass is 32.2. The highest BCUT2D eigenvalue weighted by Gasteiger charge is 2.22. The van der Waals surface area contributed by atoms with Crippen LogP contribution in [0.1, 0.15) is 30.1 Å². The van der Waals surface area contributed by atoms with Crippen LogP contribution in [-0.2, 0) is 30.1 Å². The lowest BCUT2D eigenvalue weighted by molar-refractivity contribution is 0.0933. The van der Waals surface area contributed by atoms with E-state index >= 15 is 0 Å². The summed E-state index contributed by atoms with van der Waals surface area (Å²) in [7, 11) is 2.06. The molecule has 4 heterocycles. The van der Waals surface area contributed by atoms with Crippen LogP contribution in [0.3, 0.4) is 0 Å². The van der Waals surface area contributed by atoms with E-state index in [0.717, 1.165) is 60.7 Å². The van der Waals surface area contributed by atoms with Crippen LogP contribution in [0.4, 0.5) is 0 Å². The summed E-state index contributed by atoms with van der Waals surface area (Å²) in [6.07, 6.45) is 5.97. The van der Waals surface area contributed by atoms with Crippen LogP contribution in [0.2, 0.25) is 0 Å². The van der Waals surface area contributed by atoms with Gasteiger partial charge in [-0.2, -0.15) is 0 Å². The number of furan rings is 1. The molecule has 0 N–H and O–H groups in total. The maximum atomic E-state index is 5.86. The van der Waals surface area contributed by atoms with Gasteiger partial charge in [-0.05, 0) is 44.2 Å². The van der Waals surface area contributed by atoms with Crippen LogP contribution < -0.4 is 0 Å². The highest BCUT2D eigenvalue weighted by Crippen LogP contribution is 2.24. The number of rotatable bonds is 9. The zero-order valence-electron chi connectivity index (χ0n) is 16.0. The van der Waals surface area contributed by atoms with Crippen molar-refractivity contribution >= 4 is 11.8 Å². The maximum absolute atomic E-state index is 5.86. The van der Waals surface area contributed by atoms with Crippen LogP contribution >= 0.6 is 11.8 Å². The summed E-state index contributed by atoms with van der Waals surface area (Å²) < 4.78 is 13.5. The molecule has 1 aliphatic heterocycles. The minimum absolute atomic E-state index is 0.235. The average Bonchev–Trinajstić information content (AvgIpc) is 3.46. The van der Waals surface area contributed by atoms with E-state index in [9.17, 15) is 0 Å². The number of pyridine rings is 1. The van der Waals surface area contributed by atoms with Crippen molar-refractivity contribution in [1.29, 1.82) is 0 Å². The van der Waals surface area contributed by atoms with Gasteiger partial charge in [-0.25, -0.2) is 0 Å². The Kier molecular flexibility index (Phi) is 6.41. The smallest absolute Gasteiger partial charge is 0.191 e. The standard InChI is InChI=1S/C20H25N5O2S/c1-24(12-17-7-4-10-26-17)14-19-22-23-20(25(19)13-18-8-5-11-27-18)28-15-16-6-2-3-9-21-16/h2-4,6-7,9-10,18H,5,8,11-15H2,1H3/t18-/m1/s1. The van der Waals surface area contributed by atoms with Gasteiger partial charge < -0.3 is 13.7 Å². The molecule has 7 nitrogen and oxygen atoms in total. The van der Waals surface area contributed by atoms with Crippen LogP contribution in [0.25, 0.3) is 0 Å². The number of ether oxygens (including phenoxy) is 1. The molecular weight excluding hydrogens is 374 g/mol. The van der Waals surface area contributed by atoms with Gasteiger partial charge in [0.15, 0.2) is 5.16 Å². The summed E-state index contributed by atoms with van der Waals surface area (Å²) in [5, 5.41) is 9.87. The normalized spacial score (nSPS) is 16.9. The molecule has 0 aliphatic carbocycles. The van der Waals surface area contributed by atoms with E-state index < -0.39 is 0 Å². The predicted molar refractivity (Wildman–Crippen MR) is 107 cm³/mol. The van der Waals surface area contributed by atoms with Crippen molar-refractivity contribution in [2.75, 3.05) is 13.7 Å². The molecule has 3 aromatic heterocycles. The molecular formula is C20H25N5O2S. The van der Waals surface area contributed by atoms with E-state index in [1.807, 2.05) is 36.5 Å². The summed E-state index contributed by atoms with van der Waals surface area (Å²) in [4.78, 5) is 6.58. The zero-order chi connectivity index (χ0) is 19.2. The fraction of sp³-hybridized carbons (Fsp3) is 0.450. The molecule has 0 unspecified atom stereocenters. The topological polar surface area (TPSA) is 69.2 Å². The minimum atomic E-state index is 0.235. The average molecular weight is 400 g/mol. The Morgan fingerprint density at radius 2 is 2.18 bits per heavy atom. The van der Waals surface area contributed by atoms with Gasteiger partial charge in [0.1, 0.15) is 11.6 Å². The predicted octanol–water partition coefficient (Wildman–Crippen LogP) is 3.37. The zero-order valence-corrected chi connectivity index (χ0v) is 16.8. The summed E-state index contributed by atoms with van der Waals surface area (Å²) in [6, 6.07) is 9.87.